The summed E-state index contributed by atoms with van der Waals surface area (Å²) in [6.07, 6.45) is 1.79. The highest BCUT2D eigenvalue weighted by Crippen LogP contribution is 2.18. The molecule has 2 rings (SSSR count). The molecule has 0 aromatic heterocycles. The number of rotatable bonds is 4. The summed E-state index contributed by atoms with van der Waals surface area (Å²) in [5.41, 5.74) is 0.844. The number of hydrogen-bond acceptors (Lipinski definition) is 2. The van der Waals surface area contributed by atoms with Gasteiger partial charge >= 0.3 is 0 Å². The fraction of sp³-hybridized carbons (Fsp3) is 0.588. The highest BCUT2D eigenvalue weighted by molar-refractivity contribution is 6.30. The molecule has 0 bridgehead atoms. The van der Waals surface area contributed by atoms with Crippen LogP contribution in [0.5, 0.6) is 0 Å². The van der Waals surface area contributed by atoms with Gasteiger partial charge in [0.2, 0.25) is 0 Å². The van der Waals surface area contributed by atoms with Crippen LogP contribution in [0.2, 0.25) is 5.02 Å². The zero-order chi connectivity index (χ0) is 15.9. The van der Waals surface area contributed by atoms with E-state index < -0.39 is 6.10 Å². The molecule has 2 N–H and O–H groups in total. The summed E-state index contributed by atoms with van der Waals surface area (Å²) in [7, 11) is 0. The Balaban J connectivity index is 1.98. The third kappa shape index (κ3) is 4.89. The minimum Gasteiger partial charge on any atom is -0.386 e. The number of aliphatic hydroxyl groups is 1. The van der Waals surface area contributed by atoms with Gasteiger partial charge in [-0.1, -0.05) is 30.7 Å². The van der Waals surface area contributed by atoms with E-state index in [1.807, 2.05) is 12.1 Å². The van der Waals surface area contributed by atoms with Gasteiger partial charge in [-0.15, -0.1) is 0 Å². The third-order valence-corrected chi connectivity index (χ3v) is 4.34. The topological polar surface area (TPSA) is 47.9 Å². The fourth-order valence-electron chi connectivity index (χ4n) is 2.61. The third-order valence-electron chi connectivity index (χ3n) is 4.09. The molecule has 0 amide bonds. The summed E-state index contributed by atoms with van der Waals surface area (Å²) in [6.45, 7) is 7.62. The van der Waals surface area contributed by atoms with Gasteiger partial charge in [-0.3, -0.25) is 4.99 Å². The molecular formula is C17H26ClN3O. The van der Waals surface area contributed by atoms with Crippen molar-refractivity contribution in [1.29, 1.82) is 0 Å². The minimum absolute atomic E-state index is 0.357. The smallest absolute Gasteiger partial charge is 0.194 e. The van der Waals surface area contributed by atoms with Crippen LogP contribution < -0.4 is 5.32 Å². The van der Waals surface area contributed by atoms with E-state index in [0.29, 0.717) is 11.6 Å². The van der Waals surface area contributed by atoms with Crippen LogP contribution in [-0.2, 0) is 0 Å². The second-order valence-electron chi connectivity index (χ2n) is 5.93. The van der Waals surface area contributed by atoms with Crippen molar-refractivity contribution in [2.75, 3.05) is 26.2 Å². The second-order valence-corrected chi connectivity index (χ2v) is 6.37. The minimum atomic E-state index is -0.602. The van der Waals surface area contributed by atoms with E-state index in [4.69, 9.17) is 11.6 Å². The number of likely N-dealkylation sites (tertiary alicyclic amines) is 1. The maximum Gasteiger partial charge on any atom is 0.194 e. The lowest BCUT2D eigenvalue weighted by Gasteiger charge is -2.33. The lowest BCUT2D eigenvalue weighted by Crippen LogP contribution is -2.45. The lowest BCUT2D eigenvalue weighted by atomic mass is 9.99. The SMILES string of the molecule is CCNC(=NCC(O)c1ccc(Cl)cc1)N1CCC(C)CC1. The van der Waals surface area contributed by atoms with Crippen molar-refractivity contribution < 1.29 is 5.11 Å². The number of hydrogen-bond donors (Lipinski definition) is 2. The highest BCUT2D eigenvalue weighted by Gasteiger charge is 2.19. The Kier molecular flexibility index (Phi) is 6.52. The summed E-state index contributed by atoms with van der Waals surface area (Å²) in [5.74, 6) is 1.70. The maximum absolute atomic E-state index is 10.3. The summed E-state index contributed by atoms with van der Waals surface area (Å²) in [4.78, 5) is 6.90. The summed E-state index contributed by atoms with van der Waals surface area (Å²) in [5, 5.41) is 14.3. The molecule has 1 aromatic rings. The first-order chi connectivity index (χ1) is 10.6. The maximum atomic E-state index is 10.3. The van der Waals surface area contributed by atoms with Crippen LogP contribution in [0.25, 0.3) is 0 Å². The number of nitrogens with zero attached hydrogens (tertiary/aromatic N) is 2. The number of aliphatic imine (C=N–C) groups is 1. The first-order valence-electron chi connectivity index (χ1n) is 8.07. The first kappa shape index (κ1) is 17.1. The molecule has 1 aliphatic heterocycles. The van der Waals surface area contributed by atoms with Gasteiger partial charge in [0.15, 0.2) is 5.96 Å². The fourth-order valence-corrected chi connectivity index (χ4v) is 2.74. The van der Waals surface area contributed by atoms with Gasteiger partial charge in [0.1, 0.15) is 0 Å². The quantitative estimate of drug-likeness (QED) is 0.661. The average molecular weight is 324 g/mol. The Labute approximate surface area is 138 Å². The molecule has 0 radical (unpaired) electrons. The predicted molar refractivity (Wildman–Crippen MR) is 92.4 cm³/mol. The number of nitrogens with one attached hydrogen (secondary N) is 1. The van der Waals surface area contributed by atoms with Gasteiger partial charge in [0.25, 0.3) is 0 Å². The van der Waals surface area contributed by atoms with E-state index in [-0.39, 0.29) is 0 Å². The van der Waals surface area contributed by atoms with Crippen LogP contribution in [0, 0.1) is 5.92 Å². The second kappa shape index (κ2) is 8.39. The standard InChI is InChI=1S/C17H26ClN3O/c1-3-19-17(21-10-8-13(2)9-11-21)20-12-16(22)14-4-6-15(18)7-5-14/h4-7,13,16,22H,3,8-12H2,1-2H3,(H,19,20). The number of guanidine groups is 1. The molecule has 1 heterocycles. The molecule has 22 heavy (non-hydrogen) atoms. The van der Waals surface area contributed by atoms with E-state index in [2.05, 4.69) is 29.1 Å². The van der Waals surface area contributed by atoms with Crippen LogP contribution in [0.15, 0.2) is 29.3 Å². The van der Waals surface area contributed by atoms with Crippen LogP contribution in [-0.4, -0.2) is 42.1 Å². The average Bonchev–Trinajstić information content (AvgIpc) is 2.53. The van der Waals surface area contributed by atoms with E-state index in [1.54, 1.807) is 12.1 Å². The molecule has 1 fully saturated rings. The number of benzene rings is 1. The van der Waals surface area contributed by atoms with Crippen molar-refractivity contribution in [2.45, 2.75) is 32.8 Å². The van der Waals surface area contributed by atoms with Crippen LogP contribution in [0.1, 0.15) is 38.4 Å². The molecule has 1 unspecified atom stereocenters. The van der Waals surface area contributed by atoms with Crippen LogP contribution >= 0.6 is 11.6 Å². The van der Waals surface area contributed by atoms with E-state index in [1.165, 1.54) is 12.8 Å². The molecule has 0 aliphatic carbocycles. The number of halogens is 1. The van der Waals surface area contributed by atoms with E-state index in [0.717, 1.165) is 37.1 Å². The molecule has 1 aliphatic rings. The molecule has 0 saturated carbocycles. The molecular weight excluding hydrogens is 298 g/mol. The van der Waals surface area contributed by atoms with Gasteiger partial charge in [-0.25, -0.2) is 0 Å². The zero-order valence-corrected chi connectivity index (χ0v) is 14.2. The lowest BCUT2D eigenvalue weighted by molar-refractivity contribution is 0.186. The van der Waals surface area contributed by atoms with Crippen molar-refractivity contribution in [3.63, 3.8) is 0 Å². The van der Waals surface area contributed by atoms with Gasteiger partial charge < -0.3 is 15.3 Å². The van der Waals surface area contributed by atoms with Gasteiger partial charge in [0, 0.05) is 24.7 Å². The van der Waals surface area contributed by atoms with Crippen molar-refractivity contribution in [2.24, 2.45) is 10.9 Å². The van der Waals surface area contributed by atoms with Crippen molar-refractivity contribution in [1.82, 2.24) is 10.2 Å². The van der Waals surface area contributed by atoms with E-state index in [9.17, 15) is 5.11 Å². The molecule has 1 aromatic carbocycles. The largest absolute Gasteiger partial charge is 0.386 e. The molecule has 122 valence electrons. The summed E-state index contributed by atoms with van der Waals surface area (Å²) < 4.78 is 0. The van der Waals surface area contributed by atoms with Gasteiger partial charge in [-0.2, -0.15) is 0 Å². The van der Waals surface area contributed by atoms with Crippen LogP contribution in [0.3, 0.4) is 0 Å². The molecule has 1 atom stereocenters. The van der Waals surface area contributed by atoms with E-state index >= 15 is 0 Å². The summed E-state index contributed by atoms with van der Waals surface area (Å²) in [6, 6.07) is 7.28. The Morgan fingerprint density at radius 1 is 1.36 bits per heavy atom. The Hall–Kier alpha value is -1.26. The highest BCUT2D eigenvalue weighted by atomic mass is 35.5. The van der Waals surface area contributed by atoms with Crippen molar-refractivity contribution in [3.8, 4) is 0 Å². The Morgan fingerprint density at radius 2 is 2.00 bits per heavy atom. The van der Waals surface area contributed by atoms with Crippen LogP contribution in [0.4, 0.5) is 0 Å². The molecule has 1 saturated heterocycles. The molecule has 4 nitrogen and oxygen atoms in total. The number of piperidine rings is 1. The zero-order valence-electron chi connectivity index (χ0n) is 13.4. The van der Waals surface area contributed by atoms with Gasteiger partial charge in [0.05, 0.1) is 12.6 Å². The summed E-state index contributed by atoms with van der Waals surface area (Å²) >= 11 is 5.87. The first-order valence-corrected chi connectivity index (χ1v) is 8.44. The van der Waals surface area contributed by atoms with Crippen molar-refractivity contribution in [3.05, 3.63) is 34.9 Å². The van der Waals surface area contributed by atoms with Crippen molar-refractivity contribution >= 4 is 17.6 Å². The number of aliphatic hydroxyl groups excluding tert-OH is 1. The monoisotopic (exact) mass is 323 g/mol. The normalized spacial score (nSPS) is 18.4. The molecule has 0 spiro atoms. The van der Waals surface area contributed by atoms with Gasteiger partial charge in [-0.05, 0) is 43.4 Å². The molecule has 5 heteroatoms. The predicted octanol–water partition coefficient (Wildman–Crippen LogP) is 3.07. The Morgan fingerprint density at radius 3 is 2.59 bits per heavy atom. The Bertz CT molecular complexity index is 481.